The molecule has 0 unspecified atom stereocenters. The van der Waals surface area contributed by atoms with Crippen molar-refractivity contribution in [2.24, 2.45) is 0 Å². The van der Waals surface area contributed by atoms with Crippen LogP contribution in [0, 0.1) is 11.3 Å². The van der Waals surface area contributed by atoms with Gasteiger partial charge in [-0.05, 0) is 6.07 Å². The zero-order valence-electron chi connectivity index (χ0n) is 10.7. The van der Waals surface area contributed by atoms with Crippen LogP contribution in [0.15, 0.2) is 37.6 Å². The average molecular weight is 264 g/mol. The van der Waals surface area contributed by atoms with Crippen molar-refractivity contribution in [2.75, 3.05) is 0 Å². The van der Waals surface area contributed by atoms with Crippen LogP contribution in [0.2, 0.25) is 0 Å². The number of hydrogen-bond acceptors (Lipinski definition) is 4. The zero-order valence-corrected chi connectivity index (χ0v) is 10.7. The van der Waals surface area contributed by atoms with E-state index >= 15 is 0 Å². The Bertz CT molecular complexity index is 804. The van der Waals surface area contributed by atoms with E-state index in [1.54, 1.807) is 10.9 Å². The van der Waals surface area contributed by atoms with E-state index in [0.29, 0.717) is 12.8 Å². The number of nitriles is 1. The molecule has 0 saturated heterocycles. The Morgan fingerprint density at radius 1 is 1.45 bits per heavy atom. The smallest absolute Gasteiger partial charge is 0.141 e. The van der Waals surface area contributed by atoms with Gasteiger partial charge in [0, 0.05) is 41.9 Å². The van der Waals surface area contributed by atoms with Crippen LogP contribution in [0.5, 0.6) is 0 Å². The Labute approximate surface area is 115 Å². The largest absolute Gasteiger partial charge is 0.346 e. The van der Waals surface area contributed by atoms with Gasteiger partial charge in [-0.25, -0.2) is 14.6 Å². The van der Waals surface area contributed by atoms with E-state index in [1.165, 1.54) is 6.33 Å². The van der Waals surface area contributed by atoms with Gasteiger partial charge in [0.15, 0.2) is 0 Å². The highest BCUT2D eigenvalue weighted by atomic mass is 15.3. The number of nitrogens with one attached hydrogen (secondary N) is 1. The zero-order chi connectivity index (χ0) is 13.9. The molecule has 0 aromatic carbocycles. The minimum atomic E-state index is 0.434. The van der Waals surface area contributed by atoms with Crippen LogP contribution in [0.1, 0.15) is 12.8 Å². The first-order valence-electron chi connectivity index (χ1n) is 6.18. The second-order valence-corrected chi connectivity index (χ2v) is 4.36. The molecule has 0 atom stereocenters. The number of aromatic nitrogens is 5. The third-order valence-electron chi connectivity index (χ3n) is 3.06. The topological polar surface area (TPSA) is 83.2 Å². The number of hydrogen-bond donors (Lipinski definition) is 1. The van der Waals surface area contributed by atoms with Gasteiger partial charge in [0.05, 0.1) is 18.0 Å². The molecule has 3 heterocycles. The predicted molar refractivity (Wildman–Crippen MR) is 75.3 cm³/mol. The summed E-state index contributed by atoms with van der Waals surface area (Å²) in [6.45, 7) is 3.93. The number of nitrogens with zero attached hydrogens (tertiary/aromatic N) is 5. The Morgan fingerprint density at radius 2 is 2.35 bits per heavy atom. The van der Waals surface area contributed by atoms with Crippen molar-refractivity contribution in [1.29, 1.82) is 5.26 Å². The average Bonchev–Trinajstić information content (AvgIpc) is 3.12. The number of H-pyrrole nitrogens is 1. The van der Waals surface area contributed by atoms with Gasteiger partial charge in [-0.15, -0.1) is 0 Å². The van der Waals surface area contributed by atoms with E-state index in [4.69, 9.17) is 5.26 Å². The molecular weight excluding hydrogens is 252 g/mol. The van der Waals surface area contributed by atoms with E-state index in [0.717, 1.165) is 28.0 Å². The molecule has 6 heteroatoms. The van der Waals surface area contributed by atoms with Gasteiger partial charge in [0.1, 0.15) is 12.0 Å². The molecule has 0 aliphatic rings. The lowest BCUT2D eigenvalue weighted by Gasteiger charge is -2.02. The first-order chi connectivity index (χ1) is 9.79. The lowest BCUT2D eigenvalue weighted by molar-refractivity contribution is 0.850. The molecule has 0 spiro atoms. The van der Waals surface area contributed by atoms with Gasteiger partial charge in [0.2, 0.25) is 0 Å². The number of allylic oxidation sites excluding steroid dienone is 1. The molecule has 0 radical (unpaired) electrons. The van der Waals surface area contributed by atoms with Crippen molar-refractivity contribution in [1.82, 2.24) is 24.7 Å². The van der Waals surface area contributed by atoms with E-state index in [1.807, 2.05) is 18.5 Å². The highest BCUT2D eigenvalue weighted by molar-refractivity contribution is 5.90. The summed E-state index contributed by atoms with van der Waals surface area (Å²) in [5, 5.41) is 13.8. The Morgan fingerprint density at radius 3 is 3.20 bits per heavy atom. The minimum Gasteiger partial charge on any atom is -0.346 e. The quantitative estimate of drug-likeness (QED) is 0.785. The van der Waals surface area contributed by atoms with Gasteiger partial charge in [0.25, 0.3) is 0 Å². The first-order valence-corrected chi connectivity index (χ1v) is 6.18. The van der Waals surface area contributed by atoms with Crippen molar-refractivity contribution in [2.45, 2.75) is 12.8 Å². The molecule has 20 heavy (non-hydrogen) atoms. The lowest BCUT2D eigenvalue weighted by Crippen LogP contribution is -1.95. The van der Waals surface area contributed by atoms with Crippen molar-refractivity contribution in [3.05, 3.63) is 37.6 Å². The van der Waals surface area contributed by atoms with Crippen molar-refractivity contribution >= 4 is 16.7 Å². The van der Waals surface area contributed by atoms with Crippen LogP contribution in [-0.2, 0) is 0 Å². The Balaban J connectivity index is 1.96. The van der Waals surface area contributed by atoms with Crippen LogP contribution in [0.25, 0.3) is 28.0 Å². The molecule has 0 amide bonds. The maximum absolute atomic E-state index is 8.60. The number of rotatable bonds is 4. The molecule has 0 aliphatic heterocycles. The summed E-state index contributed by atoms with van der Waals surface area (Å²) in [6.07, 6.45) is 8.00. The summed E-state index contributed by atoms with van der Waals surface area (Å²) in [7, 11) is 0. The van der Waals surface area contributed by atoms with Crippen LogP contribution in [0.3, 0.4) is 0 Å². The molecule has 6 nitrogen and oxygen atoms in total. The summed E-state index contributed by atoms with van der Waals surface area (Å²) in [5.41, 5.74) is 3.31. The van der Waals surface area contributed by atoms with Crippen molar-refractivity contribution in [3.8, 4) is 17.3 Å². The fraction of sp³-hybridized carbons (Fsp3) is 0.143. The summed E-state index contributed by atoms with van der Waals surface area (Å²) in [5.74, 6) is 0. The Kier molecular flexibility index (Phi) is 3.01. The lowest BCUT2D eigenvalue weighted by atomic mass is 10.2. The minimum absolute atomic E-state index is 0.434. The molecule has 3 rings (SSSR count). The summed E-state index contributed by atoms with van der Waals surface area (Å²) >= 11 is 0. The van der Waals surface area contributed by atoms with E-state index in [9.17, 15) is 0 Å². The molecule has 1 N–H and O–H groups in total. The summed E-state index contributed by atoms with van der Waals surface area (Å²) in [4.78, 5) is 11.5. The van der Waals surface area contributed by atoms with Gasteiger partial charge in [-0.1, -0.05) is 6.58 Å². The second kappa shape index (κ2) is 4.97. The maximum atomic E-state index is 8.60. The molecule has 3 aromatic rings. The summed E-state index contributed by atoms with van der Waals surface area (Å²) < 4.78 is 1.69. The molecule has 98 valence electrons. The van der Waals surface area contributed by atoms with E-state index in [2.05, 4.69) is 32.7 Å². The number of fused-ring (bicyclic) bond motifs is 1. The summed E-state index contributed by atoms with van der Waals surface area (Å²) in [6, 6.07) is 4.04. The van der Waals surface area contributed by atoms with Crippen LogP contribution < -0.4 is 0 Å². The third-order valence-corrected chi connectivity index (χ3v) is 3.06. The highest BCUT2D eigenvalue weighted by Crippen LogP contribution is 2.25. The van der Waals surface area contributed by atoms with E-state index in [-0.39, 0.29) is 0 Å². The van der Waals surface area contributed by atoms with Crippen molar-refractivity contribution < 1.29 is 0 Å². The molecular formula is C14H12N6. The highest BCUT2D eigenvalue weighted by Gasteiger charge is 2.10. The van der Waals surface area contributed by atoms with Gasteiger partial charge < -0.3 is 4.98 Å². The van der Waals surface area contributed by atoms with Gasteiger partial charge >= 0.3 is 0 Å². The van der Waals surface area contributed by atoms with Crippen LogP contribution >= 0.6 is 0 Å². The van der Waals surface area contributed by atoms with Crippen LogP contribution in [0.4, 0.5) is 0 Å². The molecule has 0 saturated carbocycles. The fourth-order valence-electron chi connectivity index (χ4n) is 2.04. The number of aromatic amines is 1. The molecule has 3 aromatic heterocycles. The SMILES string of the molecule is C=C(CCC#N)n1cc(-c2ncnc3[nH]ccc23)cn1. The predicted octanol–water partition coefficient (Wildman–Crippen LogP) is 2.60. The molecule has 0 aliphatic carbocycles. The normalized spacial score (nSPS) is 10.6. The first kappa shape index (κ1) is 12.1. The Hall–Kier alpha value is -2.94. The molecule has 0 bridgehead atoms. The second-order valence-electron chi connectivity index (χ2n) is 4.36. The van der Waals surface area contributed by atoms with Crippen molar-refractivity contribution in [3.63, 3.8) is 0 Å². The van der Waals surface area contributed by atoms with Gasteiger partial charge in [-0.2, -0.15) is 10.4 Å². The standard InChI is InChI=1S/C14H12N6/c1-10(3-2-5-15)20-8-11(7-19-20)13-12-4-6-16-14(12)18-9-17-13/h4,6-9H,1-3H2,(H,16,17,18). The van der Waals surface area contributed by atoms with Gasteiger partial charge in [-0.3, -0.25) is 0 Å². The monoisotopic (exact) mass is 264 g/mol. The van der Waals surface area contributed by atoms with Crippen LogP contribution in [-0.4, -0.2) is 24.7 Å². The molecule has 0 fully saturated rings. The fourth-order valence-corrected chi connectivity index (χ4v) is 2.04. The maximum Gasteiger partial charge on any atom is 0.141 e. The van der Waals surface area contributed by atoms with E-state index < -0.39 is 0 Å². The third kappa shape index (κ3) is 2.06.